The molecule has 0 radical (unpaired) electrons. The first-order valence-electron chi connectivity index (χ1n) is 9.04. The van der Waals surface area contributed by atoms with Crippen LogP contribution in [0.15, 0.2) is 0 Å². The molecule has 0 aromatic heterocycles. The molecule has 2 N–H and O–H groups in total. The van der Waals surface area contributed by atoms with Crippen molar-refractivity contribution in [1.82, 2.24) is 20.4 Å². The molecule has 3 aliphatic rings. The summed E-state index contributed by atoms with van der Waals surface area (Å²) >= 11 is 0. The number of halogens is 1. The molecule has 3 rings (SSSR count). The Morgan fingerprint density at radius 1 is 1.32 bits per heavy atom. The standard InChI is InChI=1S/C17H28N4O3.ClH/c1-12-5-3-4-7-17(12)15(23)21(16(24)19-17)11-14(22)20-8-6-13(10-20)9-18-2;/h12-13,18H,3-11H2,1-2H3,(H,19,24);1H. The minimum atomic E-state index is -0.782. The number of urea groups is 1. The third kappa shape index (κ3) is 3.62. The maximum absolute atomic E-state index is 12.9. The molecule has 2 heterocycles. The van der Waals surface area contributed by atoms with Crippen molar-refractivity contribution in [2.75, 3.05) is 33.2 Å². The maximum atomic E-state index is 12.9. The number of nitrogens with one attached hydrogen (secondary N) is 2. The van der Waals surface area contributed by atoms with Crippen molar-refractivity contribution in [2.24, 2.45) is 11.8 Å². The van der Waals surface area contributed by atoms with Gasteiger partial charge < -0.3 is 15.5 Å². The fourth-order valence-electron chi connectivity index (χ4n) is 4.39. The molecule has 0 bridgehead atoms. The predicted molar refractivity (Wildman–Crippen MR) is 96.5 cm³/mol. The van der Waals surface area contributed by atoms with Crippen molar-refractivity contribution in [3.63, 3.8) is 0 Å². The molecule has 1 spiro atoms. The minimum absolute atomic E-state index is 0. The number of likely N-dealkylation sites (tertiary alicyclic amines) is 1. The summed E-state index contributed by atoms with van der Waals surface area (Å²) in [5, 5.41) is 6.03. The van der Waals surface area contributed by atoms with E-state index in [-0.39, 0.29) is 36.7 Å². The number of amides is 4. The fourth-order valence-corrected chi connectivity index (χ4v) is 4.39. The Labute approximate surface area is 155 Å². The van der Waals surface area contributed by atoms with Gasteiger partial charge in [-0.1, -0.05) is 19.8 Å². The second-order valence-electron chi connectivity index (χ2n) is 7.49. The normalized spacial score (nSPS) is 32.1. The van der Waals surface area contributed by atoms with Gasteiger partial charge >= 0.3 is 6.03 Å². The van der Waals surface area contributed by atoms with E-state index in [0.29, 0.717) is 25.4 Å². The number of rotatable bonds is 4. The lowest BCUT2D eigenvalue weighted by Crippen LogP contribution is -2.54. The number of hydrogen-bond donors (Lipinski definition) is 2. The first-order chi connectivity index (χ1) is 11.5. The van der Waals surface area contributed by atoms with Gasteiger partial charge in [-0.2, -0.15) is 0 Å². The summed E-state index contributed by atoms with van der Waals surface area (Å²) in [4.78, 5) is 40.7. The Morgan fingerprint density at radius 2 is 2.08 bits per heavy atom. The molecule has 3 fully saturated rings. The van der Waals surface area contributed by atoms with E-state index in [1.54, 1.807) is 4.90 Å². The largest absolute Gasteiger partial charge is 0.341 e. The van der Waals surface area contributed by atoms with E-state index in [9.17, 15) is 14.4 Å². The lowest BCUT2D eigenvalue weighted by molar-refractivity contribution is -0.140. The number of carbonyl (C=O) groups is 3. The number of carbonyl (C=O) groups excluding carboxylic acids is 3. The molecular weight excluding hydrogens is 344 g/mol. The SMILES string of the molecule is CNCC1CCN(C(=O)CN2C(=O)NC3(CCCCC3C)C2=O)C1.Cl. The summed E-state index contributed by atoms with van der Waals surface area (Å²) in [5.41, 5.74) is -0.782. The van der Waals surface area contributed by atoms with Gasteiger partial charge in [0.25, 0.3) is 5.91 Å². The predicted octanol–water partition coefficient (Wildman–Crippen LogP) is 0.977. The van der Waals surface area contributed by atoms with Gasteiger partial charge in [0.2, 0.25) is 5.91 Å². The molecule has 0 aromatic carbocycles. The van der Waals surface area contributed by atoms with Crippen LogP contribution in [0.25, 0.3) is 0 Å². The smallest absolute Gasteiger partial charge is 0.325 e. The van der Waals surface area contributed by atoms with Crippen LogP contribution in [0.2, 0.25) is 0 Å². The first kappa shape index (κ1) is 20.0. The van der Waals surface area contributed by atoms with E-state index >= 15 is 0 Å². The van der Waals surface area contributed by atoms with Gasteiger partial charge in [-0.15, -0.1) is 12.4 Å². The Hall–Kier alpha value is -1.34. The number of hydrogen-bond acceptors (Lipinski definition) is 4. The van der Waals surface area contributed by atoms with Crippen molar-refractivity contribution in [1.29, 1.82) is 0 Å². The molecule has 142 valence electrons. The van der Waals surface area contributed by atoms with Crippen molar-refractivity contribution in [2.45, 2.75) is 44.6 Å². The topological polar surface area (TPSA) is 81.8 Å². The number of imide groups is 1. The van der Waals surface area contributed by atoms with Crippen molar-refractivity contribution < 1.29 is 14.4 Å². The van der Waals surface area contributed by atoms with Crippen LogP contribution in [-0.4, -0.2) is 66.4 Å². The van der Waals surface area contributed by atoms with Crippen molar-refractivity contribution in [3.05, 3.63) is 0 Å². The van der Waals surface area contributed by atoms with Crippen LogP contribution in [0.3, 0.4) is 0 Å². The molecular formula is C17H29ClN4O3. The van der Waals surface area contributed by atoms with Crippen LogP contribution >= 0.6 is 12.4 Å². The van der Waals surface area contributed by atoms with Gasteiger partial charge in [-0.3, -0.25) is 14.5 Å². The molecule has 3 atom stereocenters. The third-order valence-electron chi connectivity index (χ3n) is 5.93. The molecule has 0 aromatic rings. The summed E-state index contributed by atoms with van der Waals surface area (Å²) in [7, 11) is 1.91. The zero-order valence-corrected chi connectivity index (χ0v) is 15.9. The van der Waals surface area contributed by atoms with Crippen LogP contribution in [0.5, 0.6) is 0 Å². The summed E-state index contributed by atoms with van der Waals surface area (Å²) < 4.78 is 0. The van der Waals surface area contributed by atoms with Crippen LogP contribution in [0, 0.1) is 11.8 Å². The van der Waals surface area contributed by atoms with Crippen LogP contribution < -0.4 is 10.6 Å². The molecule has 25 heavy (non-hydrogen) atoms. The fraction of sp³-hybridized carbons (Fsp3) is 0.824. The second-order valence-corrected chi connectivity index (χ2v) is 7.49. The first-order valence-corrected chi connectivity index (χ1v) is 9.04. The highest BCUT2D eigenvalue weighted by atomic mass is 35.5. The molecule has 4 amide bonds. The molecule has 2 saturated heterocycles. The van der Waals surface area contributed by atoms with Crippen molar-refractivity contribution in [3.8, 4) is 0 Å². The van der Waals surface area contributed by atoms with E-state index in [1.807, 2.05) is 14.0 Å². The van der Waals surface area contributed by atoms with Crippen LogP contribution in [0.4, 0.5) is 4.79 Å². The minimum Gasteiger partial charge on any atom is -0.341 e. The maximum Gasteiger partial charge on any atom is 0.325 e. The lowest BCUT2D eigenvalue weighted by Gasteiger charge is -2.36. The van der Waals surface area contributed by atoms with E-state index in [4.69, 9.17) is 0 Å². The second kappa shape index (κ2) is 7.91. The Balaban J connectivity index is 0.00000225. The highest BCUT2D eigenvalue weighted by Crippen LogP contribution is 2.38. The highest BCUT2D eigenvalue weighted by Gasteiger charge is 2.55. The van der Waals surface area contributed by atoms with Gasteiger partial charge in [-0.05, 0) is 44.7 Å². The molecule has 2 aliphatic heterocycles. The number of nitrogens with zero attached hydrogens (tertiary/aromatic N) is 2. The summed E-state index contributed by atoms with van der Waals surface area (Å²) in [6, 6.07) is -0.409. The summed E-state index contributed by atoms with van der Waals surface area (Å²) in [6.45, 7) is 4.17. The van der Waals surface area contributed by atoms with E-state index in [2.05, 4.69) is 10.6 Å². The lowest BCUT2D eigenvalue weighted by atomic mass is 9.73. The monoisotopic (exact) mass is 372 g/mol. The van der Waals surface area contributed by atoms with E-state index in [0.717, 1.165) is 37.1 Å². The molecule has 1 aliphatic carbocycles. The van der Waals surface area contributed by atoms with Gasteiger partial charge in [0.1, 0.15) is 12.1 Å². The zero-order valence-electron chi connectivity index (χ0n) is 15.0. The van der Waals surface area contributed by atoms with Gasteiger partial charge in [0.15, 0.2) is 0 Å². The van der Waals surface area contributed by atoms with Crippen molar-refractivity contribution >= 4 is 30.3 Å². The zero-order chi connectivity index (χ0) is 17.3. The molecule has 1 saturated carbocycles. The van der Waals surface area contributed by atoms with Gasteiger partial charge in [-0.25, -0.2) is 4.79 Å². The van der Waals surface area contributed by atoms with Gasteiger partial charge in [0, 0.05) is 13.1 Å². The average molecular weight is 373 g/mol. The quantitative estimate of drug-likeness (QED) is 0.721. The highest BCUT2D eigenvalue weighted by molar-refractivity contribution is 6.09. The third-order valence-corrected chi connectivity index (χ3v) is 5.93. The van der Waals surface area contributed by atoms with E-state index in [1.165, 1.54) is 0 Å². The Bertz CT molecular complexity index is 544. The van der Waals surface area contributed by atoms with Crippen LogP contribution in [-0.2, 0) is 9.59 Å². The summed E-state index contributed by atoms with van der Waals surface area (Å²) in [6.07, 6.45) is 4.61. The molecule has 3 unspecified atom stereocenters. The Kier molecular flexibility index (Phi) is 6.32. The van der Waals surface area contributed by atoms with Crippen LogP contribution in [0.1, 0.15) is 39.0 Å². The van der Waals surface area contributed by atoms with E-state index < -0.39 is 11.6 Å². The van der Waals surface area contributed by atoms with Gasteiger partial charge in [0.05, 0.1) is 0 Å². The molecule has 7 nitrogen and oxygen atoms in total. The average Bonchev–Trinajstić information content (AvgIpc) is 3.10. The summed E-state index contributed by atoms with van der Waals surface area (Å²) in [5.74, 6) is 0.234. The Morgan fingerprint density at radius 3 is 2.76 bits per heavy atom. The molecule has 8 heteroatoms.